The van der Waals surface area contributed by atoms with Crippen molar-refractivity contribution in [3.63, 3.8) is 0 Å². The van der Waals surface area contributed by atoms with E-state index in [9.17, 15) is 4.79 Å². The second-order valence-corrected chi connectivity index (χ2v) is 8.36. The highest BCUT2D eigenvalue weighted by Crippen LogP contribution is 2.32. The molecule has 5 heteroatoms. The lowest BCUT2D eigenvalue weighted by atomic mass is 9.99. The van der Waals surface area contributed by atoms with Gasteiger partial charge in [-0.25, -0.2) is 0 Å². The van der Waals surface area contributed by atoms with Crippen LogP contribution in [-0.2, 0) is 24.3 Å². The monoisotopic (exact) mass is 377 g/mol. The average Bonchev–Trinajstić information content (AvgIpc) is 3.36. The number of amides is 1. The molecule has 3 aromatic rings. The summed E-state index contributed by atoms with van der Waals surface area (Å²) in [5.74, 6) is 0.231. The van der Waals surface area contributed by atoms with Gasteiger partial charge in [0.15, 0.2) is 0 Å². The third kappa shape index (κ3) is 3.11. The average molecular weight is 378 g/mol. The predicted octanol–water partition coefficient (Wildman–Crippen LogP) is 3.54. The van der Waals surface area contributed by atoms with Crippen LogP contribution in [0.1, 0.15) is 27.7 Å². The summed E-state index contributed by atoms with van der Waals surface area (Å²) in [6.45, 7) is 3.99. The van der Waals surface area contributed by atoms with Gasteiger partial charge in [0.2, 0.25) is 5.91 Å². The minimum Gasteiger partial charge on any atom is -0.348 e. The van der Waals surface area contributed by atoms with E-state index in [0.29, 0.717) is 6.54 Å². The first kappa shape index (κ1) is 16.8. The van der Waals surface area contributed by atoms with Gasteiger partial charge < -0.3 is 9.47 Å². The molecule has 0 spiro atoms. The fraction of sp³-hybridized carbons (Fsp3) is 0.318. The van der Waals surface area contributed by atoms with Crippen LogP contribution in [0.5, 0.6) is 0 Å². The van der Waals surface area contributed by atoms with Crippen LogP contribution < -0.4 is 0 Å². The first-order valence-electron chi connectivity index (χ1n) is 9.56. The summed E-state index contributed by atoms with van der Waals surface area (Å²) in [7, 11) is 0. The third-order valence-electron chi connectivity index (χ3n) is 5.72. The Balaban J connectivity index is 1.39. The molecular weight excluding hydrogens is 354 g/mol. The van der Waals surface area contributed by atoms with E-state index in [-0.39, 0.29) is 11.9 Å². The summed E-state index contributed by atoms with van der Waals surface area (Å²) in [5, 5.41) is 2.17. The van der Waals surface area contributed by atoms with Crippen molar-refractivity contribution in [1.82, 2.24) is 14.4 Å². The van der Waals surface area contributed by atoms with Gasteiger partial charge in [-0.3, -0.25) is 9.69 Å². The normalized spacial score (nSPS) is 19.6. The number of carbonyl (C=O) groups excluding carboxylic acids is 1. The van der Waals surface area contributed by atoms with E-state index in [1.165, 1.54) is 21.7 Å². The molecule has 1 aromatic carbocycles. The molecule has 0 aliphatic carbocycles. The van der Waals surface area contributed by atoms with Crippen molar-refractivity contribution in [2.75, 3.05) is 19.6 Å². The van der Waals surface area contributed by atoms with E-state index < -0.39 is 0 Å². The minimum atomic E-state index is 0.00366. The lowest BCUT2D eigenvalue weighted by molar-refractivity contribution is -0.135. The predicted molar refractivity (Wildman–Crippen MR) is 108 cm³/mol. The SMILES string of the molecule is O=C(CN1CCc2sccc2C1)N1CCn2cccc2[C@H]1c1ccccc1. The Hall–Kier alpha value is -2.37. The van der Waals surface area contributed by atoms with Crippen molar-refractivity contribution in [3.8, 4) is 0 Å². The number of hydrogen-bond acceptors (Lipinski definition) is 3. The maximum Gasteiger partial charge on any atom is 0.237 e. The smallest absolute Gasteiger partial charge is 0.237 e. The second kappa shape index (κ2) is 6.98. The molecule has 1 atom stereocenters. The van der Waals surface area contributed by atoms with Crippen LogP contribution in [0, 0.1) is 0 Å². The molecule has 0 saturated heterocycles. The van der Waals surface area contributed by atoms with Crippen LogP contribution in [-0.4, -0.2) is 39.9 Å². The van der Waals surface area contributed by atoms with Gasteiger partial charge in [0.05, 0.1) is 12.6 Å². The van der Waals surface area contributed by atoms with E-state index in [1.807, 2.05) is 17.4 Å². The highest BCUT2D eigenvalue weighted by Gasteiger charge is 2.33. The molecule has 4 nitrogen and oxygen atoms in total. The third-order valence-corrected chi connectivity index (χ3v) is 6.74. The molecule has 4 heterocycles. The zero-order valence-electron chi connectivity index (χ0n) is 15.3. The van der Waals surface area contributed by atoms with Gasteiger partial charge >= 0.3 is 0 Å². The fourth-order valence-corrected chi connectivity index (χ4v) is 5.25. The number of rotatable bonds is 3. The van der Waals surface area contributed by atoms with Crippen LogP contribution in [0.15, 0.2) is 60.1 Å². The summed E-state index contributed by atoms with van der Waals surface area (Å²) in [4.78, 5) is 19.2. The molecule has 2 aliphatic heterocycles. The van der Waals surface area contributed by atoms with E-state index >= 15 is 0 Å². The van der Waals surface area contributed by atoms with Crippen molar-refractivity contribution in [1.29, 1.82) is 0 Å². The molecule has 2 aromatic heterocycles. The molecule has 138 valence electrons. The molecule has 0 fully saturated rings. The molecule has 27 heavy (non-hydrogen) atoms. The zero-order valence-corrected chi connectivity index (χ0v) is 16.1. The Morgan fingerprint density at radius 3 is 2.81 bits per heavy atom. The molecule has 2 aliphatic rings. The standard InChI is InChI=1S/C22H23N3OS/c26-21(16-23-11-8-20-18(15-23)9-14-27-20)25-13-12-24-10-4-7-19(24)22(25)17-5-2-1-3-6-17/h1-7,9-10,14,22H,8,11-13,15-16H2/t22-/m1/s1. The van der Waals surface area contributed by atoms with Crippen molar-refractivity contribution in [2.45, 2.75) is 25.6 Å². The van der Waals surface area contributed by atoms with Gasteiger partial charge in [0.25, 0.3) is 0 Å². The van der Waals surface area contributed by atoms with Crippen molar-refractivity contribution in [2.24, 2.45) is 0 Å². The molecule has 0 unspecified atom stereocenters. The first-order valence-corrected chi connectivity index (χ1v) is 10.4. The topological polar surface area (TPSA) is 28.5 Å². The quantitative estimate of drug-likeness (QED) is 0.698. The van der Waals surface area contributed by atoms with Crippen LogP contribution >= 0.6 is 11.3 Å². The van der Waals surface area contributed by atoms with E-state index in [0.717, 1.165) is 32.6 Å². The van der Waals surface area contributed by atoms with Crippen LogP contribution in [0.2, 0.25) is 0 Å². The molecule has 1 amide bonds. The van der Waals surface area contributed by atoms with Crippen LogP contribution in [0.4, 0.5) is 0 Å². The number of fused-ring (bicyclic) bond motifs is 2. The second-order valence-electron chi connectivity index (χ2n) is 7.36. The largest absolute Gasteiger partial charge is 0.348 e. The molecule has 0 radical (unpaired) electrons. The Morgan fingerprint density at radius 1 is 1.04 bits per heavy atom. The van der Waals surface area contributed by atoms with E-state index in [4.69, 9.17) is 0 Å². The Labute approximate surface area is 163 Å². The van der Waals surface area contributed by atoms with Gasteiger partial charge in [0, 0.05) is 42.9 Å². The maximum atomic E-state index is 13.3. The summed E-state index contributed by atoms with van der Waals surface area (Å²) < 4.78 is 2.28. The summed E-state index contributed by atoms with van der Waals surface area (Å²) in [5.41, 5.74) is 3.79. The lowest BCUT2D eigenvalue weighted by Crippen LogP contribution is -2.47. The van der Waals surface area contributed by atoms with Gasteiger partial charge in [-0.05, 0) is 41.1 Å². The zero-order chi connectivity index (χ0) is 18.2. The van der Waals surface area contributed by atoms with E-state index in [1.54, 1.807) is 0 Å². The Bertz CT molecular complexity index is 945. The Kier molecular flexibility index (Phi) is 4.34. The summed E-state index contributed by atoms with van der Waals surface area (Å²) in [6, 6.07) is 16.9. The number of benzene rings is 1. The summed E-state index contributed by atoms with van der Waals surface area (Å²) in [6.07, 6.45) is 3.18. The fourth-order valence-electron chi connectivity index (χ4n) is 4.36. The van der Waals surface area contributed by atoms with Gasteiger partial charge in [-0.1, -0.05) is 30.3 Å². The van der Waals surface area contributed by atoms with Crippen molar-refractivity contribution >= 4 is 17.2 Å². The maximum absolute atomic E-state index is 13.3. The molecule has 0 N–H and O–H groups in total. The summed E-state index contributed by atoms with van der Waals surface area (Å²) >= 11 is 1.84. The molecule has 5 rings (SSSR count). The highest BCUT2D eigenvalue weighted by molar-refractivity contribution is 7.10. The van der Waals surface area contributed by atoms with Gasteiger partial charge in [-0.15, -0.1) is 11.3 Å². The number of nitrogens with zero attached hydrogens (tertiary/aromatic N) is 3. The Morgan fingerprint density at radius 2 is 1.93 bits per heavy atom. The lowest BCUT2D eigenvalue weighted by Gasteiger charge is -2.39. The number of carbonyl (C=O) groups is 1. The molecule has 0 saturated carbocycles. The van der Waals surface area contributed by atoms with E-state index in [2.05, 4.69) is 68.4 Å². The molecular formula is C22H23N3OS. The first-order chi connectivity index (χ1) is 13.3. The number of aromatic nitrogens is 1. The minimum absolute atomic E-state index is 0.00366. The molecule has 0 bridgehead atoms. The highest BCUT2D eigenvalue weighted by atomic mass is 32.1. The van der Waals surface area contributed by atoms with Crippen LogP contribution in [0.25, 0.3) is 0 Å². The van der Waals surface area contributed by atoms with Gasteiger partial charge in [0.1, 0.15) is 0 Å². The van der Waals surface area contributed by atoms with Crippen LogP contribution in [0.3, 0.4) is 0 Å². The number of hydrogen-bond donors (Lipinski definition) is 0. The van der Waals surface area contributed by atoms with Crippen molar-refractivity contribution in [3.05, 3.63) is 81.8 Å². The van der Waals surface area contributed by atoms with Crippen molar-refractivity contribution < 1.29 is 4.79 Å². The number of thiophene rings is 1. The van der Waals surface area contributed by atoms with Gasteiger partial charge in [-0.2, -0.15) is 0 Å².